The van der Waals surface area contributed by atoms with Gasteiger partial charge in [0.25, 0.3) is 0 Å². The molecule has 1 aliphatic heterocycles. The fourth-order valence-corrected chi connectivity index (χ4v) is 2.06. The summed E-state index contributed by atoms with van der Waals surface area (Å²) >= 11 is 0. The molecular weight excluding hydrogens is 216 g/mol. The van der Waals surface area contributed by atoms with Crippen molar-refractivity contribution >= 4 is 5.91 Å². The van der Waals surface area contributed by atoms with Gasteiger partial charge in [0, 0.05) is 31.2 Å². The Kier molecular flexibility index (Phi) is 6.52. The number of ether oxygens (including phenoxy) is 1. The maximum Gasteiger partial charge on any atom is 0.223 e. The zero-order valence-corrected chi connectivity index (χ0v) is 11.1. The molecule has 0 aromatic rings. The molecule has 1 amide bonds. The fraction of sp³-hybridized carbons (Fsp3) is 0.923. The molecule has 2 atom stereocenters. The van der Waals surface area contributed by atoms with Crippen LogP contribution in [-0.4, -0.2) is 31.2 Å². The summed E-state index contributed by atoms with van der Waals surface area (Å²) in [5.41, 5.74) is 5.69. The van der Waals surface area contributed by atoms with Crippen molar-refractivity contribution in [2.45, 2.75) is 58.0 Å². The molecular formula is C13H26N2O2. The molecule has 4 nitrogen and oxygen atoms in total. The van der Waals surface area contributed by atoms with Crippen LogP contribution in [0.1, 0.15) is 46.0 Å². The number of amides is 1. The molecule has 3 N–H and O–H groups in total. The van der Waals surface area contributed by atoms with Gasteiger partial charge in [0.15, 0.2) is 0 Å². The molecule has 17 heavy (non-hydrogen) atoms. The number of hydrogen-bond acceptors (Lipinski definition) is 3. The predicted molar refractivity (Wildman–Crippen MR) is 68.6 cm³/mol. The van der Waals surface area contributed by atoms with Crippen LogP contribution in [0.2, 0.25) is 0 Å². The standard InChI is InChI=1S/C13H26N2O2/c1-10(4-3-5-11(2)14)13(16)15-12-6-8-17-9-7-12/h10-12H,3-9,14H2,1-2H3,(H,15,16). The maximum atomic E-state index is 11.9. The third-order valence-electron chi connectivity index (χ3n) is 3.31. The molecule has 1 heterocycles. The highest BCUT2D eigenvalue weighted by molar-refractivity contribution is 5.78. The maximum absolute atomic E-state index is 11.9. The second-order valence-corrected chi connectivity index (χ2v) is 5.20. The van der Waals surface area contributed by atoms with Crippen LogP contribution in [0, 0.1) is 5.92 Å². The van der Waals surface area contributed by atoms with Gasteiger partial charge in [-0.2, -0.15) is 0 Å². The molecule has 0 radical (unpaired) electrons. The van der Waals surface area contributed by atoms with Crippen LogP contribution in [-0.2, 0) is 9.53 Å². The molecule has 0 aromatic heterocycles. The van der Waals surface area contributed by atoms with Crippen LogP contribution in [0.4, 0.5) is 0 Å². The van der Waals surface area contributed by atoms with E-state index in [-0.39, 0.29) is 17.9 Å². The Bertz CT molecular complexity index is 225. The highest BCUT2D eigenvalue weighted by atomic mass is 16.5. The quantitative estimate of drug-likeness (QED) is 0.740. The molecule has 1 rings (SSSR count). The molecule has 100 valence electrons. The van der Waals surface area contributed by atoms with Gasteiger partial charge in [0.05, 0.1) is 0 Å². The first-order valence-electron chi connectivity index (χ1n) is 6.73. The van der Waals surface area contributed by atoms with E-state index in [9.17, 15) is 4.79 Å². The SMILES string of the molecule is CC(N)CCCC(C)C(=O)NC1CCOCC1. The number of nitrogens with one attached hydrogen (secondary N) is 1. The Hall–Kier alpha value is -0.610. The summed E-state index contributed by atoms with van der Waals surface area (Å²) < 4.78 is 5.27. The molecule has 4 heteroatoms. The van der Waals surface area contributed by atoms with E-state index in [1.54, 1.807) is 0 Å². The van der Waals surface area contributed by atoms with Crippen molar-refractivity contribution in [2.24, 2.45) is 11.7 Å². The van der Waals surface area contributed by atoms with Crippen molar-refractivity contribution < 1.29 is 9.53 Å². The first kappa shape index (κ1) is 14.5. The number of hydrogen-bond donors (Lipinski definition) is 2. The summed E-state index contributed by atoms with van der Waals surface area (Å²) in [6.07, 6.45) is 4.84. The summed E-state index contributed by atoms with van der Waals surface area (Å²) in [6, 6.07) is 0.549. The smallest absolute Gasteiger partial charge is 0.223 e. The summed E-state index contributed by atoms with van der Waals surface area (Å²) in [7, 11) is 0. The highest BCUT2D eigenvalue weighted by Gasteiger charge is 2.19. The van der Waals surface area contributed by atoms with E-state index in [0.29, 0.717) is 6.04 Å². The fourth-order valence-electron chi connectivity index (χ4n) is 2.06. The van der Waals surface area contributed by atoms with Crippen LogP contribution in [0.25, 0.3) is 0 Å². The summed E-state index contributed by atoms with van der Waals surface area (Å²) in [4.78, 5) is 11.9. The average molecular weight is 242 g/mol. The van der Waals surface area contributed by atoms with Crippen LogP contribution >= 0.6 is 0 Å². The van der Waals surface area contributed by atoms with Crippen molar-refractivity contribution in [1.82, 2.24) is 5.32 Å². The van der Waals surface area contributed by atoms with Crippen molar-refractivity contribution in [2.75, 3.05) is 13.2 Å². The molecule has 1 fully saturated rings. The van der Waals surface area contributed by atoms with E-state index in [2.05, 4.69) is 5.32 Å². The predicted octanol–water partition coefficient (Wildman–Crippen LogP) is 1.44. The van der Waals surface area contributed by atoms with Gasteiger partial charge < -0.3 is 15.8 Å². The summed E-state index contributed by atoms with van der Waals surface area (Å²) in [5.74, 6) is 0.276. The monoisotopic (exact) mass is 242 g/mol. The summed E-state index contributed by atoms with van der Waals surface area (Å²) in [5, 5.41) is 3.11. The van der Waals surface area contributed by atoms with Crippen LogP contribution in [0.15, 0.2) is 0 Å². The number of nitrogens with two attached hydrogens (primary N) is 1. The lowest BCUT2D eigenvalue weighted by Gasteiger charge is -2.24. The molecule has 0 aliphatic carbocycles. The minimum atomic E-state index is 0.0941. The Morgan fingerprint density at radius 1 is 1.35 bits per heavy atom. The lowest BCUT2D eigenvalue weighted by Crippen LogP contribution is -2.41. The lowest BCUT2D eigenvalue weighted by molar-refractivity contribution is -0.126. The number of carbonyl (C=O) groups excluding carboxylic acids is 1. The minimum Gasteiger partial charge on any atom is -0.381 e. The van der Waals surface area contributed by atoms with Gasteiger partial charge in [-0.3, -0.25) is 4.79 Å². The molecule has 1 saturated heterocycles. The van der Waals surface area contributed by atoms with Gasteiger partial charge >= 0.3 is 0 Å². The first-order chi connectivity index (χ1) is 8.09. The highest BCUT2D eigenvalue weighted by Crippen LogP contribution is 2.12. The molecule has 0 aromatic carbocycles. The van der Waals surface area contributed by atoms with Gasteiger partial charge in [-0.1, -0.05) is 13.3 Å². The van der Waals surface area contributed by atoms with E-state index < -0.39 is 0 Å². The number of carbonyl (C=O) groups is 1. The van der Waals surface area contributed by atoms with Gasteiger partial charge in [0.2, 0.25) is 5.91 Å². The largest absolute Gasteiger partial charge is 0.381 e. The molecule has 0 spiro atoms. The van der Waals surface area contributed by atoms with Gasteiger partial charge in [-0.05, 0) is 32.6 Å². The Morgan fingerprint density at radius 3 is 2.59 bits per heavy atom. The Morgan fingerprint density at radius 2 is 2.00 bits per heavy atom. The summed E-state index contributed by atoms with van der Waals surface area (Å²) in [6.45, 7) is 5.54. The third kappa shape index (κ3) is 6.03. The molecule has 1 aliphatic rings. The van der Waals surface area contributed by atoms with Gasteiger partial charge in [-0.15, -0.1) is 0 Å². The zero-order valence-electron chi connectivity index (χ0n) is 11.1. The lowest BCUT2D eigenvalue weighted by atomic mass is 10.00. The molecule has 0 saturated carbocycles. The van der Waals surface area contributed by atoms with Crippen LogP contribution in [0.5, 0.6) is 0 Å². The van der Waals surface area contributed by atoms with Gasteiger partial charge in [0.1, 0.15) is 0 Å². The zero-order chi connectivity index (χ0) is 12.7. The van der Waals surface area contributed by atoms with E-state index in [4.69, 9.17) is 10.5 Å². The van der Waals surface area contributed by atoms with Crippen LogP contribution < -0.4 is 11.1 Å². The van der Waals surface area contributed by atoms with Crippen molar-refractivity contribution in [3.63, 3.8) is 0 Å². The van der Waals surface area contributed by atoms with Crippen LogP contribution in [0.3, 0.4) is 0 Å². The average Bonchev–Trinajstić information content (AvgIpc) is 2.29. The van der Waals surface area contributed by atoms with E-state index in [1.165, 1.54) is 0 Å². The molecule has 2 unspecified atom stereocenters. The van der Waals surface area contributed by atoms with E-state index in [1.807, 2.05) is 13.8 Å². The third-order valence-corrected chi connectivity index (χ3v) is 3.31. The Labute approximate surface area is 104 Å². The minimum absolute atomic E-state index is 0.0941. The molecule has 0 bridgehead atoms. The number of rotatable bonds is 6. The van der Waals surface area contributed by atoms with Gasteiger partial charge in [-0.25, -0.2) is 0 Å². The Balaban J connectivity index is 2.16. The topological polar surface area (TPSA) is 64.4 Å². The second kappa shape index (κ2) is 7.67. The van der Waals surface area contributed by atoms with Crippen molar-refractivity contribution in [3.8, 4) is 0 Å². The van der Waals surface area contributed by atoms with Crippen molar-refractivity contribution in [1.29, 1.82) is 0 Å². The van der Waals surface area contributed by atoms with Crippen molar-refractivity contribution in [3.05, 3.63) is 0 Å². The first-order valence-corrected chi connectivity index (χ1v) is 6.73. The van der Waals surface area contributed by atoms with E-state index in [0.717, 1.165) is 45.3 Å². The normalized spacial score (nSPS) is 20.9. The van der Waals surface area contributed by atoms with E-state index >= 15 is 0 Å². The second-order valence-electron chi connectivity index (χ2n) is 5.20.